The summed E-state index contributed by atoms with van der Waals surface area (Å²) < 4.78 is 0. The van der Waals surface area contributed by atoms with E-state index in [0.717, 1.165) is 6.42 Å². The minimum Gasteiger partial charge on any atom is -0.478 e. The van der Waals surface area contributed by atoms with Crippen LogP contribution in [0.15, 0.2) is 11.6 Å². The molecule has 0 fully saturated rings. The van der Waals surface area contributed by atoms with Crippen molar-refractivity contribution in [3.63, 3.8) is 0 Å². The lowest BCUT2D eigenvalue weighted by molar-refractivity contribution is -0.132. The molecule has 1 rings (SSSR count). The van der Waals surface area contributed by atoms with E-state index in [9.17, 15) is 4.79 Å². The highest BCUT2D eigenvalue weighted by Crippen LogP contribution is 2.13. The van der Waals surface area contributed by atoms with Crippen LogP contribution < -0.4 is 5.32 Å². The van der Waals surface area contributed by atoms with Gasteiger partial charge in [-0.05, 0) is 12.3 Å². The SMILES string of the molecule is CC(C)C1CC=C(C(=O)O)CN1. The molecule has 0 aromatic heterocycles. The summed E-state index contributed by atoms with van der Waals surface area (Å²) in [5.74, 6) is -0.235. The Labute approximate surface area is 72.5 Å². The van der Waals surface area contributed by atoms with E-state index < -0.39 is 5.97 Å². The topological polar surface area (TPSA) is 49.3 Å². The maximum absolute atomic E-state index is 10.5. The summed E-state index contributed by atoms with van der Waals surface area (Å²) in [6.45, 7) is 4.77. The summed E-state index contributed by atoms with van der Waals surface area (Å²) in [6, 6.07) is 0.438. The van der Waals surface area contributed by atoms with Crippen LogP contribution in [0.3, 0.4) is 0 Å². The van der Waals surface area contributed by atoms with Gasteiger partial charge in [0.2, 0.25) is 0 Å². The van der Waals surface area contributed by atoms with Gasteiger partial charge in [-0.15, -0.1) is 0 Å². The highest BCUT2D eigenvalue weighted by atomic mass is 16.4. The van der Waals surface area contributed by atoms with Gasteiger partial charge in [0.25, 0.3) is 0 Å². The van der Waals surface area contributed by atoms with E-state index in [1.807, 2.05) is 6.08 Å². The van der Waals surface area contributed by atoms with Gasteiger partial charge in [-0.1, -0.05) is 19.9 Å². The molecule has 0 aliphatic carbocycles. The van der Waals surface area contributed by atoms with E-state index in [1.54, 1.807) is 0 Å². The first kappa shape index (κ1) is 9.26. The van der Waals surface area contributed by atoms with Crippen molar-refractivity contribution in [1.82, 2.24) is 5.32 Å². The van der Waals surface area contributed by atoms with E-state index in [2.05, 4.69) is 19.2 Å². The Hall–Kier alpha value is -0.830. The molecule has 0 aromatic rings. The fraction of sp³-hybridized carbons (Fsp3) is 0.667. The largest absolute Gasteiger partial charge is 0.478 e. The summed E-state index contributed by atoms with van der Waals surface area (Å²) in [4.78, 5) is 10.5. The zero-order valence-electron chi connectivity index (χ0n) is 7.50. The Kier molecular flexibility index (Phi) is 2.87. The molecule has 1 aliphatic heterocycles. The minimum atomic E-state index is -0.801. The van der Waals surface area contributed by atoms with Crippen LogP contribution >= 0.6 is 0 Å². The molecule has 68 valence electrons. The van der Waals surface area contributed by atoms with Crippen molar-refractivity contribution in [2.24, 2.45) is 5.92 Å². The van der Waals surface area contributed by atoms with E-state index in [4.69, 9.17) is 5.11 Å². The molecule has 0 spiro atoms. The predicted molar refractivity (Wildman–Crippen MR) is 47.0 cm³/mol. The standard InChI is InChI=1S/C9H15NO2/c1-6(2)8-4-3-7(5-10-8)9(11)12/h3,6,8,10H,4-5H2,1-2H3,(H,11,12). The number of carboxylic acids is 1. The number of rotatable bonds is 2. The molecule has 1 atom stereocenters. The van der Waals surface area contributed by atoms with E-state index >= 15 is 0 Å². The highest BCUT2D eigenvalue weighted by Gasteiger charge is 2.19. The van der Waals surface area contributed by atoms with E-state index in [1.165, 1.54) is 0 Å². The summed E-state index contributed by atoms with van der Waals surface area (Å²) in [7, 11) is 0. The van der Waals surface area contributed by atoms with Crippen molar-refractivity contribution >= 4 is 5.97 Å². The van der Waals surface area contributed by atoms with Crippen LogP contribution in [0.4, 0.5) is 0 Å². The van der Waals surface area contributed by atoms with Gasteiger partial charge in [0.1, 0.15) is 0 Å². The maximum Gasteiger partial charge on any atom is 0.332 e. The molecular weight excluding hydrogens is 154 g/mol. The van der Waals surface area contributed by atoms with Crippen LogP contribution in [-0.4, -0.2) is 23.7 Å². The molecule has 0 saturated heterocycles. The summed E-state index contributed by atoms with van der Waals surface area (Å²) in [5, 5.41) is 11.9. The average Bonchev–Trinajstić information content (AvgIpc) is 2.04. The molecule has 1 heterocycles. The molecule has 0 amide bonds. The maximum atomic E-state index is 10.5. The number of hydrogen-bond donors (Lipinski definition) is 2. The van der Waals surface area contributed by atoms with Crippen molar-refractivity contribution < 1.29 is 9.90 Å². The average molecular weight is 169 g/mol. The molecule has 1 unspecified atom stereocenters. The second-order valence-corrected chi connectivity index (χ2v) is 3.50. The molecule has 2 N–H and O–H groups in total. The quantitative estimate of drug-likeness (QED) is 0.648. The third-order valence-corrected chi connectivity index (χ3v) is 2.25. The monoisotopic (exact) mass is 169 g/mol. The number of aliphatic carboxylic acids is 1. The lowest BCUT2D eigenvalue weighted by Gasteiger charge is -2.25. The van der Waals surface area contributed by atoms with Crippen molar-refractivity contribution in [3.8, 4) is 0 Å². The third kappa shape index (κ3) is 2.08. The Morgan fingerprint density at radius 1 is 1.75 bits per heavy atom. The number of carbonyl (C=O) groups is 1. The van der Waals surface area contributed by atoms with Crippen LogP contribution in [0.25, 0.3) is 0 Å². The Bertz CT molecular complexity index is 209. The van der Waals surface area contributed by atoms with Gasteiger partial charge in [0.05, 0.1) is 0 Å². The van der Waals surface area contributed by atoms with Gasteiger partial charge in [0.15, 0.2) is 0 Å². The van der Waals surface area contributed by atoms with Gasteiger partial charge in [0, 0.05) is 18.2 Å². The van der Waals surface area contributed by atoms with Crippen molar-refractivity contribution in [1.29, 1.82) is 0 Å². The molecule has 0 saturated carbocycles. The van der Waals surface area contributed by atoms with Gasteiger partial charge in [-0.2, -0.15) is 0 Å². The molecular formula is C9H15NO2. The lowest BCUT2D eigenvalue weighted by Crippen LogP contribution is -2.38. The molecule has 1 aliphatic rings. The summed E-state index contributed by atoms with van der Waals surface area (Å²) in [5.41, 5.74) is 0.493. The van der Waals surface area contributed by atoms with Gasteiger partial charge < -0.3 is 10.4 Å². The zero-order chi connectivity index (χ0) is 9.14. The minimum absolute atomic E-state index is 0.438. The van der Waals surface area contributed by atoms with Crippen molar-refractivity contribution in [2.75, 3.05) is 6.54 Å². The number of hydrogen-bond acceptors (Lipinski definition) is 2. The molecule has 0 aromatic carbocycles. The van der Waals surface area contributed by atoms with E-state index in [0.29, 0.717) is 24.1 Å². The number of carboxylic acid groups (broad SMARTS) is 1. The van der Waals surface area contributed by atoms with Gasteiger partial charge >= 0.3 is 5.97 Å². The molecule has 0 radical (unpaired) electrons. The first-order valence-electron chi connectivity index (χ1n) is 4.27. The van der Waals surface area contributed by atoms with Crippen LogP contribution in [0.2, 0.25) is 0 Å². The Balaban J connectivity index is 2.53. The fourth-order valence-corrected chi connectivity index (χ4v) is 1.34. The van der Waals surface area contributed by atoms with Crippen molar-refractivity contribution in [2.45, 2.75) is 26.3 Å². The number of nitrogens with one attached hydrogen (secondary N) is 1. The van der Waals surface area contributed by atoms with Crippen LogP contribution in [0, 0.1) is 5.92 Å². The molecule has 3 heteroatoms. The van der Waals surface area contributed by atoms with Crippen LogP contribution in [-0.2, 0) is 4.79 Å². The smallest absolute Gasteiger partial charge is 0.332 e. The van der Waals surface area contributed by atoms with Crippen molar-refractivity contribution in [3.05, 3.63) is 11.6 Å². The first-order chi connectivity index (χ1) is 5.61. The van der Waals surface area contributed by atoms with Crippen LogP contribution in [0.5, 0.6) is 0 Å². The second-order valence-electron chi connectivity index (χ2n) is 3.50. The highest BCUT2D eigenvalue weighted by molar-refractivity contribution is 5.87. The summed E-state index contributed by atoms with van der Waals surface area (Å²) >= 11 is 0. The fourth-order valence-electron chi connectivity index (χ4n) is 1.34. The molecule has 12 heavy (non-hydrogen) atoms. The second kappa shape index (κ2) is 3.72. The Morgan fingerprint density at radius 3 is 2.75 bits per heavy atom. The van der Waals surface area contributed by atoms with E-state index in [-0.39, 0.29) is 0 Å². The predicted octanol–water partition coefficient (Wildman–Crippen LogP) is 1.02. The van der Waals surface area contributed by atoms with Gasteiger partial charge in [-0.3, -0.25) is 0 Å². The molecule has 0 bridgehead atoms. The normalized spacial score (nSPS) is 23.9. The summed E-state index contributed by atoms with van der Waals surface area (Å²) in [6.07, 6.45) is 2.66. The zero-order valence-corrected chi connectivity index (χ0v) is 7.50. The molecule has 3 nitrogen and oxygen atoms in total. The lowest BCUT2D eigenvalue weighted by atomic mass is 9.96. The third-order valence-electron chi connectivity index (χ3n) is 2.25. The first-order valence-corrected chi connectivity index (χ1v) is 4.27. The Morgan fingerprint density at radius 2 is 2.42 bits per heavy atom. The van der Waals surface area contributed by atoms with Gasteiger partial charge in [-0.25, -0.2) is 4.79 Å². The van der Waals surface area contributed by atoms with Crippen LogP contribution in [0.1, 0.15) is 20.3 Å².